The summed E-state index contributed by atoms with van der Waals surface area (Å²) in [6.07, 6.45) is 8.66. The van der Waals surface area contributed by atoms with Crippen LogP contribution in [0.3, 0.4) is 0 Å². The molecule has 0 atom stereocenters. The van der Waals surface area contributed by atoms with Gasteiger partial charge in [0, 0.05) is 21.8 Å². The van der Waals surface area contributed by atoms with E-state index in [1.165, 1.54) is 16.7 Å². The Balaban J connectivity index is 1.34. The van der Waals surface area contributed by atoms with Crippen LogP contribution in [-0.2, 0) is 17.9 Å². The van der Waals surface area contributed by atoms with Crippen molar-refractivity contribution in [2.45, 2.75) is 13.2 Å². The lowest BCUT2D eigenvalue weighted by atomic mass is 10.1. The van der Waals surface area contributed by atoms with Crippen LogP contribution in [0.25, 0.3) is 12.2 Å². The van der Waals surface area contributed by atoms with E-state index in [9.17, 15) is 4.79 Å². The molecule has 4 aromatic rings. The number of benzene rings is 3. The average molecular weight is 619 g/mol. The molecular weight excluding hydrogens is 593 g/mol. The Bertz CT molecular complexity index is 1670. The molecule has 1 aliphatic rings. The number of allylic oxidation sites excluding steroid dienone is 1. The van der Waals surface area contributed by atoms with Crippen molar-refractivity contribution in [2.75, 3.05) is 7.11 Å². The second-order valence-electron chi connectivity index (χ2n) is 8.93. The third-order valence-corrected chi connectivity index (χ3v) is 7.63. The molecule has 1 amide bonds. The van der Waals surface area contributed by atoms with E-state index in [0.717, 1.165) is 16.7 Å². The number of carbonyl (C=O) groups is 1. The smallest absolute Gasteiger partial charge is 0.267 e. The van der Waals surface area contributed by atoms with E-state index in [1.54, 1.807) is 62.1 Å². The van der Waals surface area contributed by atoms with Gasteiger partial charge in [-0.15, -0.1) is 5.10 Å². The topological polar surface area (TPSA) is 76.6 Å². The summed E-state index contributed by atoms with van der Waals surface area (Å²) in [6.45, 7) is 0.470. The quantitative estimate of drug-likeness (QED) is 0.101. The average Bonchev–Trinajstić information content (AvgIpc) is 3.62. The van der Waals surface area contributed by atoms with E-state index >= 15 is 0 Å². The van der Waals surface area contributed by atoms with Crippen LogP contribution in [0.4, 0.5) is 0 Å². The molecule has 0 radical (unpaired) electrons. The second-order valence-corrected chi connectivity index (χ2v) is 10.8. The van der Waals surface area contributed by atoms with Crippen molar-refractivity contribution in [3.63, 3.8) is 0 Å². The van der Waals surface area contributed by atoms with Gasteiger partial charge >= 0.3 is 0 Å². The molecule has 1 saturated heterocycles. The van der Waals surface area contributed by atoms with Crippen molar-refractivity contribution in [1.82, 2.24) is 4.90 Å². The second kappa shape index (κ2) is 14.1. The van der Waals surface area contributed by atoms with Gasteiger partial charge in [-0.1, -0.05) is 71.7 Å². The van der Waals surface area contributed by atoms with E-state index in [0.29, 0.717) is 37.4 Å². The molecule has 42 heavy (non-hydrogen) atoms. The minimum Gasteiger partial charge on any atom is -0.493 e. The molecule has 1 aliphatic heterocycles. The van der Waals surface area contributed by atoms with Gasteiger partial charge in [0.15, 0.2) is 16.7 Å². The lowest BCUT2D eigenvalue weighted by Crippen LogP contribution is -2.28. The maximum absolute atomic E-state index is 13.4. The molecule has 1 fully saturated rings. The van der Waals surface area contributed by atoms with Gasteiger partial charge in [-0.3, -0.25) is 9.69 Å². The molecule has 212 valence electrons. The molecule has 1 aromatic heterocycles. The zero-order valence-corrected chi connectivity index (χ0v) is 24.8. The first-order chi connectivity index (χ1) is 20.5. The number of rotatable bonds is 10. The summed E-state index contributed by atoms with van der Waals surface area (Å²) in [6, 6.07) is 24.1. The van der Waals surface area contributed by atoms with E-state index < -0.39 is 0 Å². The number of hydrogen-bond acceptors (Lipinski definition) is 7. The molecule has 0 N–H and O–H groups in total. The third-order valence-electron chi connectivity index (χ3n) is 6.05. The Hall–Kier alpha value is -4.24. The fraction of sp³-hybridized carbons (Fsp3) is 0.0938. The minimum atomic E-state index is -0.207. The fourth-order valence-electron chi connectivity index (χ4n) is 3.96. The molecule has 0 bridgehead atoms. The summed E-state index contributed by atoms with van der Waals surface area (Å²) in [7, 11) is 1.56. The normalized spacial score (nSPS) is 15.5. The molecule has 3 aromatic carbocycles. The van der Waals surface area contributed by atoms with Gasteiger partial charge in [0.1, 0.15) is 12.4 Å². The Morgan fingerprint density at radius 1 is 0.976 bits per heavy atom. The predicted octanol–water partition coefficient (Wildman–Crippen LogP) is 8.35. The predicted molar refractivity (Wildman–Crippen MR) is 170 cm³/mol. The summed E-state index contributed by atoms with van der Waals surface area (Å²) < 4.78 is 17.0. The van der Waals surface area contributed by atoms with Gasteiger partial charge in [-0.25, -0.2) is 0 Å². The highest BCUT2D eigenvalue weighted by molar-refractivity contribution is 8.18. The lowest BCUT2D eigenvalue weighted by molar-refractivity contribution is -0.122. The largest absolute Gasteiger partial charge is 0.493 e. The van der Waals surface area contributed by atoms with Gasteiger partial charge in [-0.05, 0) is 71.4 Å². The van der Waals surface area contributed by atoms with Crippen LogP contribution < -0.4 is 9.47 Å². The van der Waals surface area contributed by atoms with Crippen LogP contribution >= 0.6 is 35.0 Å². The van der Waals surface area contributed by atoms with Crippen molar-refractivity contribution >= 4 is 64.4 Å². The number of thioether (sulfide) groups is 1. The first kappa shape index (κ1) is 29.3. The zero-order chi connectivity index (χ0) is 29.3. The number of amidine groups is 1. The summed E-state index contributed by atoms with van der Waals surface area (Å²) in [5, 5.41) is 10.0. The SMILES string of the molecule is COc1cc(/C=C2\S/C(=N/N=C\C=C\c3ccccc3)N(Cc3ccco3)C2=O)ccc1OCc1ccc(Cl)cc1Cl. The Morgan fingerprint density at radius 3 is 2.60 bits per heavy atom. The lowest BCUT2D eigenvalue weighted by Gasteiger charge is -2.13. The Morgan fingerprint density at radius 2 is 1.83 bits per heavy atom. The molecule has 0 aliphatic carbocycles. The first-order valence-electron chi connectivity index (χ1n) is 12.8. The van der Waals surface area contributed by atoms with E-state index in [4.69, 9.17) is 37.1 Å². The molecule has 10 heteroatoms. The molecular formula is C32H25Cl2N3O4S. The summed E-state index contributed by atoms with van der Waals surface area (Å²) in [5.74, 6) is 1.48. The van der Waals surface area contributed by atoms with E-state index in [-0.39, 0.29) is 19.1 Å². The highest BCUT2D eigenvalue weighted by Crippen LogP contribution is 2.36. The van der Waals surface area contributed by atoms with E-state index in [2.05, 4.69) is 10.2 Å². The van der Waals surface area contributed by atoms with Crippen LogP contribution in [0.1, 0.15) is 22.5 Å². The highest BCUT2D eigenvalue weighted by atomic mass is 35.5. The molecule has 7 nitrogen and oxygen atoms in total. The minimum absolute atomic E-state index is 0.207. The van der Waals surface area contributed by atoms with Crippen LogP contribution in [0.15, 0.2) is 111 Å². The van der Waals surface area contributed by atoms with E-state index in [1.807, 2.05) is 54.6 Å². The van der Waals surface area contributed by atoms with Crippen molar-refractivity contribution in [3.05, 3.63) is 129 Å². The maximum atomic E-state index is 13.4. The standard InChI is InChI=1S/C32H25Cl2N3O4S/c1-39-29-17-23(11-14-28(29)41-21-24-12-13-25(33)19-27(24)34)18-30-31(38)37(20-26-10-6-16-40-26)32(42-30)36-35-15-5-9-22-7-3-2-4-8-22/h2-19H,20-21H2,1H3/b9-5+,30-18-,35-15-,36-32+. The van der Waals surface area contributed by atoms with Crippen LogP contribution in [0.5, 0.6) is 11.5 Å². The van der Waals surface area contributed by atoms with Gasteiger partial charge in [-0.2, -0.15) is 5.10 Å². The van der Waals surface area contributed by atoms with Crippen molar-refractivity contribution < 1.29 is 18.7 Å². The number of ether oxygens (including phenoxy) is 2. The van der Waals surface area contributed by atoms with Crippen molar-refractivity contribution in [1.29, 1.82) is 0 Å². The number of amides is 1. The monoisotopic (exact) mass is 617 g/mol. The maximum Gasteiger partial charge on any atom is 0.267 e. The van der Waals surface area contributed by atoms with Crippen LogP contribution in [-0.4, -0.2) is 29.3 Å². The third kappa shape index (κ3) is 7.53. The zero-order valence-electron chi connectivity index (χ0n) is 22.4. The van der Waals surface area contributed by atoms with Gasteiger partial charge in [0.05, 0.1) is 24.8 Å². The number of nitrogens with zero attached hydrogens (tertiary/aromatic N) is 3. The van der Waals surface area contributed by atoms with Gasteiger partial charge in [0.2, 0.25) is 0 Å². The number of hydrogen-bond donors (Lipinski definition) is 0. The van der Waals surface area contributed by atoms with Gasteiger partial charge < -0.3 is 13.9 Å². The summed E-state index contributed by atoms with van der Waals surface area (Å²) in [4.78, 5) is 15.5. The van der Waals surface area contributed by atoms with Crippen molar-refractivity contribution in [3.8, 4) is 11.5 Å². The fourth-order valence-corrected chi connectivity index (χ4v) is 5.36. The first-order valence-corrected chi connectivity index (χ1v) is 14.4. The summed E-state index contributed by atoms with van der Waals surface area (Å²) >= 11 is 13.5. The van der Waals surface area contributed by atoms with Crippen LogP contribution in [0.2, 0.25) is 10.0 Å². The number of methoxy groups -OCH3 is 1. The molecule has 5 rings (SSSR count). The molecule has 0 unspecified atom stereocenters. The summed E-state index contributed by atoms with van der Waals surface area (Å²) in [5.41, 5.74) is 2.60. The Labute approximate surface area is 257 Å². The molecule has 0 spiro atoms. The number of carbonyl (C=O) groups excluding carboxylic acids is 1. The highest BCUT2D eigenvalue weighted by Gasteiger charge is 2.34. The van der Waals surface area contributed by atoms with Crippen molar-refractivity contribution in [2.24, 2.45) is 10.2 Å². The van der Waals surface area contributed by atoms with Crippen LogP contribution in [0, 0.1) is 0 Å². The van der Waals surface area contributed by atoms with Gasteiger partial charge in [0.25, 0.3) is 5.91 Å². The number of furan rings is 1. The number of halogens is 2. The Kier molecular flexibility index (Phi) is 9.82. The molecule has 2 heterocycles. The molecule has 0 saturated carbocycles.